The van der Waals surface area contributed by atoms with Gasteiger partial charge in [-0.15, -0.1) is 0 Å². The largest absolute Gasteiger partial charge is 0.351 e. The van der Waals surface area contributed by atoms with Crippen LogP contribution in [0.15, 0.2) is 24.3 Å². The van der Waals surface area contributed by atoms with Gasteiger partial charge in [0.2, 0.25) is 5.91 Å². The molecule has 0 saturated carbocycles. The Morgan fingerprint density at radius 3 is 2.44 bits per heavy atom. The summed E-state index contributed by atoms with van der Waals surface area (Å²) in [5.41, 5.74) is 5.59. The number of amides is 3. The van der Waals surface area contributed by atoms with Gasteiger partial charge in [-0.05, 0) is 17.7 Å². The first-order valence-corrected chi connectivity index (χ1v) is 4.62. The molecular weight excluding hydrogens is 213 g/mol. The maximum atomic E-state index is 12.5. The second kappa shape index (κ2) is 5.82. The van der Waals surface area contributed by atoms with Crippen molar-refractivity contribution in [1.29, 1.82) is 0 Å². The summed E-state index contributed by atoms with van der Waals surface area (Å²) in [4.78, 5) is 21.3. The van der Waals surface area contributed by atoms with Gasteiger partial charge in [0.15, 0.2) is 0 Å². The number of hydrogen-bond acceptors (Lipinski definition) is 3. The van der Waals surface area contributed by atoms with Gasteiger partial charge >= 0.3 is 6.03 Å². The predicted octanol–water partition coefficient (Wildman–Crippen LogP) is 0.110. The van der Waals surface area contributed by atoms with Crippen LogP contribution < -0.4 is 16.4 Å². The quantitative estimate of drug-likeness (QED) is 0.680. The number of imide groups is 1. The van der Waals surface area contributed by atoms with Crippen molar-refractivity contribution < 1.29 is 14.0 Å². The van der Waals surface area contributed by atoms with Crippen LogP contribution in [0.2, 0.25) is 0 Å². The van der Waals surface area contributed by atoms with Crippen LogP contribution in [0, 0.1) is 5.82 Å². The lowest BCUT2D eigenvalue weighted by Crippen LogP contribution is -2.40. The molecule has 1 aromatic carbocycles. The van der Waals surface area contributed by atoms with Crippen LogP contribution in [0.1, 0.15) is 5.56 Å². The number of halogens is 1. The fourth-order valence-electron chi connectivity index (χ4n) is 1.10. The van der Waals surface area contributed by atoms with Crippen LogP contribution in [0.4, 0.5) is 9.18 Å². The molecule has 86 valence electrons. The van der Waals surface area contributed by atoms with E-state index in [1.807, 2.05) is 5.32 Å². The average molecular weight is 225 g/mol. The topological polar surface area (TPSA) is 84.2 Å². The van der Waals surface area contributed by atoms with Gasteiger partial charge in [-0.1, -0.05) is 12.1 Å². The fraction of sp³-hybridized carbons (Fsp3) is 0.200. The minimum absolute atomic E-state index is 0.0275. The first-order chi connectivity index (χ1) is 7.58. The highest BCUT2D eigenvalue weighted by Crippen LogP contribution is 2.01. The highest BCUT2D eigenvalue weighted by molar-refractivity contribution is 5.94. The highest BCUT2D eigenvalue weighted by Gasteiger charge is 2.02. The van der Waals surface area contributed by atoms with E-state index in [0.29, 0.717) is 6.54 Å². The lowest BCUT2D eigenvalue weighted by molar-refractivity contribution is -0.119. The number of carbonyl (C=O) groups excluding carboxylic acids is 2. The molecule has 6 heteroatoms. The molecule has 0 heterocycles. The monoisotopic (exact) mass is 225 g/mol. The van der Waals surface area contributed by atoms with Crippen molar-refractivity contribution in [1.82, 2.24) is 10.6 Å². The standard InChI is InChI=1S/C10H12FN3O2/c11-8-3-1-7(2-4-8)5-13-6-9(15)14-10(12)16/h1-4,13H,5-6H2,(H3,12,14,15,16). The SMILES string of the molecule is NC(=O)NC(=O)CNCc1ccc(F)cc1. The molecule has 0 atom stereocenters. The predicted molar refractivity (Wildman–Crippen MR) is 55.8 cm³/mol. The number of primary amides is 1. The van der Waals surface area contributed by atoms with Crippen molar-refractivity contribution in [2.75, 3.05) is 6.54 Å². The van der Waals surface area contributed by atoms with Gasteiger partial charge in [-0.25, -0.2) is 9.18 Å². The summed E-state index contributed by atoms with van der Waals surface area (Å²) in [5.74, 6) is -0.815. The smallest absolute Gasteiger partial charge is 0.318 e. The van der Waals surface area contributed by atoms with Crippen LogP contribution in [0.3, 0.4) is 0 Å². The zero-order valence-electron chi connectivity index (χ0n) is 8.50. The number of hydrogen-bond donors (Lipinski definition) is 3. The molecule has 0 aliphatic heterocycles. The van der Waals surface area contributed by atoms with Gasteiger partial charge in [0.25, 0.3) is 0 Å². The minimum atomic E-state index is -0.881. The Morgan fingerprint density at radius 2 is 1.88 bits per heavy atom. The summed E-state index contributed by atoms with van der Waals surface area (Å²) in [5, 5.41) is 4.70. The van der Waals surface area contributed by atoms with E-state index < -0.39 is 11.9 Å². The third-order valence-electron chi connectivity index (χ3n) is 1.79. The molecular formula is C10H12FN3O2. The van der Waals surface area contributed by atoms with Crippen molar-refractivity contribution in [3.8, 4) is 0 Å². The first-order valence-electron chi connectivity index (χ1n) is 4.62. The van der Waals surface area contributed by atoms with Crippen molar-refractivity contribution in [2.24, 2.45) is 5.73 Å². The van der Waals surface area contributed by atoms with Crippen LogP contribution in [-0.2, 0) is 11.3 Å². The molecule has 3 amide bonds. The number of urea groups is 1. The Kier molecular flexibility index (Phi) is 4.41. The molecule has 5 nitrogen and oxygen atoms in total. The van der Waals surface area contributed by atoms with Gasteiger partial charge in [0, 0.05) is 6.54 Å². The first kappa shape index (κ1) is 12.1. The fourth-order valence-corrected chi connectivity index (χ4v) is 1.10. The Labute approximate surface area is 91.8 Å². The molecule has 0 spiro atoms. The van der Waals surface area contributed by atoms with Crippen molar-refractivity contribution in [3.63, 3.8) is 0 Å². The van der Waals surface area contributed by atoms with E-state index >= 15 is 0 Å². The summed E-state index contributed by atoms with van der Waals surface area (Å²) < 4.78 is 12.5. The number of nitrogens with two attached hydrogens (primary N) is 1. The van der Waals surface area contributed by atoms with Gasteiger partial charge in [0.05, 0.1) is 6.54 Å². The number of rotatable bonds is 4. The van der Waals surface area contributed by atoms with Crippen molar-refractivity contribution >= 4 is 11.9 Å². The molecule has 0 saturated heterocycles. The summed E-state index contributed by atoms with van der Waals surface area (Å²) in [6, 6.07) is 5.00. The number of nitrogens with one attached hydrogen (secondary N) is 2. The molecule has 0 aromatic heterocycles. The van der Waals surface area contributed by atoms with Gasteiger partial charge < -0.3 is 11.1 Å². The Bertz CT molecular complexity index is 378. The van der Waals surface area contributed by atoms with E-state index in [2.05, 4.69) is 5.32 Å². The Morgan fingerprint density at radius 1 is 1.25 bits per heavy atom. The Balaban J connectivity index is 2.28. The lowest BCUT2D eigenvalue weighted by atomic mass is 10.2. The van der Waals surface area contributed by atoms with Crippen LogP contribution in [-0.4, -0.2) is 18.5 Å². The van der Waals surface area contributed by atoms with E-state index in [4.69, 9.17) is 5.73 Å². The molecule has 0 fully saturated rings. The molecule has 1 rings (SSSR count). The molecule has 0 aliphatic rings. The molecule has 4 N–H and O–H groups in total. The summed E-state index contributed by atoms with van der Waals surface area (Å²) in [6.07, 6.45) is 0. The van der Waals surface area contributed by atoms with E-state index in [1.165, 1.54) is 12.1 Å². The summed E-state index contributed by atoms with van der Waals surface area (Å²) in [7, 11) is 0. The van der Waals surface area contributed by atoms with Crippen molar-refractivity contribution in [3.05, 3.63) is 35.6 Å². The summed E-state index contributed by atoms with van der Waals surface area (Å²) >= 11 is 0. The maximum Gasteiger partial charge on any atom is 0.318 e. The minimum Gasteiger partial charge on any atom is -0.351 e. The zero-order valence-corrected chi connectivity index (χ0v) is 8.50. The molecule has 0 unspecified atom stereocenters. The summed E-state index contributed by atoms with van der Waals surface area (Å²) in [6.45, 7) is 0.382. The molecule has 0 radical (unpaired) electrons. The molecule has 0 aliphatic carbocycles. The average Bonchev–Trinajstić information content (AvgIpc) is 2.20. The Hall–Kier alpha value is -1.95. The normalized spacial score (nSPS) is 9.81. The van der Waals surface area contributed by atoms with Gasteiger partial charge in [-0.3, -0.25) is 10.1 Å². The second-order valence-electron chi connectivity index (χ2n) is 3.14. The van der Waals surface area contributed by atoms with E-state index in [1.54, 1.807) is 12.1 Å². The van der Waals surface area contributed by atoms with E-state index in [0.717, 1.165) is 5.56 Å². The number of benzene rings is 1. The van der Waals surface area contributed by atoms with Gasteiger partial charge in [-0.2, -0.15) is 0 Å². The van der Waals surface area contributed by atoms with E-state index in [-0.39, 0.29) is 12.4 Å². The van der Waals surface area contributed by atoms with Crippen molar-refractivity contribution in [2.45, 2.75) is 6.54 Å². The molecule has 16 heavy (non-hydrogen) atoms. The molecule has 1 aromatic rings. The van der Waals surface area contributed by atoms with Crippen LogP contribution in [0.5, 0.6) is 0 Å². The highest BCUT2D eigenvalue weighted by atomic mass is 19.1. The van der Waals surface area contributed by atoms with Crippen LogP contribution >= 0.6 is 0 Å². The lowest BCUT2D eigenvalue weighted by Gasteiger charge is -2.04. The third kappa shape index (κ3) is 4.52. The van der Waals surface area contributed by atoms with Gasteiger partial charge in [0.1, 0.15) is 5.82 Å². The zero-order chi connectivity index (χ0) is 12.0. The second-order valence-corrected chi connectivity index (χ2v) is 3.14. The third-order valence-corrected chi connectivity index (χ3v) is 1.79. The number of carbonyl (C=O) groups is 2. The maximum absolute atomic E-state index is 12.5. The molecule has 0 bridgehead atoms. The van der Waals surface area contributed by atoms with E-state index in [9.17, 15) is 14.0 Å². The van der Waals surface area contributed by atoms with Crippen LogP contribution in [0.25, 0.3) is 0 Å².